The zero-order valence-electron chi connectivity index (χ0n) is 22.2. The molecule has 3 aromatic carbocycles. The predicted octanol–water partition coefficient (Wildman–Crippen LogP) is 5.97. The molecule has 1 fully saturated rings. The Labute approximate surface area is 240 Å². The van der Waals surface area contributed by atoms with Crippen LogP contribution in [0.3, 0.4) is 0 Å². The topological polar surface area (TPSA) is 50.7 Å². The van der Waals surface area contributed by atoms with Crippen molar-refractivity contribution in [3.63, 3.8) is 0 Å². The molecule has 0 spiro atoms. The Bertz CT molecular complexity index is 1420. The summed E-state index contributed by atoms with van der Waals surface area (Å²) in [7, 11) is 3.76. The van der Waals surface area contributed by atoms with Crippen LogP contribution in [0, 0.1) is 5.82 Å². The van der Waals surface area contributed by atoms with Gasteiger partial charge in [-0.3, -0.25) is 0 Å². The average Bonchev–Trinajstić information content (AvgIpc) is 2.98. The number of ether oxygens (including phenoxy) is 2. The molecule has 9 heteroatoms. The van der Waals surface area contributed by atoms with Gasteiger partial charge in [0.2, 0.25) is 5.88 Å². The van der Waals surface area contributed by atoms with Crippen LogP contribution in [0.5, 0.6) is 11.9 Å². The molecule has 0 N–H and O–H groups in total. The van der Waals surface area contributed by atoms with E-state index in [-0.39, 0.29) is 11.0 Å². The van der Waals surface area contributed by atoms with E-state index in [1.807, 2.05) is 48.5 Å². The quantitative estimate of drug-likeness (QED) is 0.260. The molecule has 0 saturated carbocycles. The van der Waals surface area contributed by atoms with Gasteiger partial charge in [-0.1, -0.05) is 60.1 Å². The number of aromatic nitrogens is 2. The second kappa shape index (κ2) is 13.0. The van der Waals surface area contributed by atoms with Gasteiger partial charge in [0.15, 0.2) is 0 Å². The molecule has 0 bridgehead atoms. The molecule has 6 nitrogen and oxygen atoms in total. The van der Waals surface area contributed by atoms with Gasteiger partial charge in [-0.05, 0) is 29.5 Å². The predicted molar refractivity (Wildman–Crippen MR) is 156 cm³/mol. The van der Waals surface area contributed by atoms with E-state index in [1.54, 1.807) is 11.3 Å². The maximum absolute atomic E-state index is 14.2. The maximum atomic E-state index is 14.2. The molecular formula is C30H32AsClFN4O2. The fraction of sp³-hybridized carbons (Fsp3) is 0.333. The maximum Gasteiger partial charge on any atom is 0.319 e. The average molecular weight is 610 g/mol. The normalized spacial score (nSPS) is 15.9. The molecule has 1 aromatic heterocycles. The summed E-state index contributed by atoms with van der Waals surface area (Å²) in [5, 5.41) is 4.69. The summed E-state index contributed by atoms with van der Waals surface area (Å²) in [6, 6.07) is 19.2. The SMILES string of the molecule is CN1CCC[As]C1.COc1nc2c(c(OCc3ccccc3)n1)CCN(c1cccc3ccc(F)c(Cl)c13)C2. The fourth-order valence-electron chi connectivity index (χ4n) is 4.84. The van der Waals surface area contributed by atoms with E-state index in [9.17, 15) is 4.39 Å². The molecule has 39 heavy (non-hydrogen) atoms. The van der Waals surface area contributed by atoms with Crippen molar-refractivity contribution in [3.05, 3.63) is 88.3 Å². The monoisotopic (exact) mass is 609 g/mol. The number of halogens is 2. The summed E-state index contributed by atoms with van der Waals surface area (Å²) in [5.41, 5.74) is 3.73. The number of rotatable bonds is 5. The minimum atomic E-state index is -0.426. The van der Waals surface area contributed by atoms with Crippen molar-refractivity contribution in [2.45, 2.75) is 31.2 Å². The van der Waals surface area contributed by atoms with Gasteiger partial charge in [0.05, 0.1) is 24.4 Å². The number of benzene rings is 3. The van der Waals surface area contributed by atoms with Gasteiger partial charge in [0.25, 0.3) is 0 Å². The molecule has 2 aliphatic rings. The van der Waals surface area contributed by atoms with E-state index in [0.717, 1.165) is 43.6 Å². The van der Waals surface area contributed by atoms with Gasteiger partial charge in [-0.2, -0.15) is 9.97 Å². The van der Waals surface area contributed by atoms with E-state index in [4.69, 9.17) is 21.1 Å². The molecule has 6 rings (SSSR count). The number of fused-ring (bicyclic) bond motifs is 2. The molecule has 4 aromatic rings. The van der Waals surface area contributed by atoms with Gasteiger partial charge in [0, 0.05) is 23.2 Å². The summed E-state index contributed by atoms with van der Waals surface area (Å²) in [5.74, 6) is 0.113. The Morgan fingerprint density at radius 2 is 1.87 bits per heavy atom. The fourth-order valence-corrected chi connectivity index (χ4v) is 7.18. The molecule has 1 radical (unpaired) electrons. The van der Waals surface area contributed by atoms with Gasteiger partial charge >= 0.3 is 57.2 Å². The molecule has 0 aliphatic carbocycles. The van der Waals surface area contributed by atoms with Gasteiger partial charge in [-0.15, -0.1) is 0 Å². The van der Waals surface area contributed by atoms with Crippen LogP contribution in [0.15, 0.2) is 60.7 Å². The second-order valence-electron chi connectivity index (χ2n) is 9.65. The van der Waals surface area contributed by atoms with Crippen LogP contribution in [0.1, 0.15) is 23.2 Å². The molecule has 0 amide bonds. The Hall–Kier alpha value is -2.86. The van der Waals surface area contributed by atoms with Gasteiger partial charge < -0.3 is 14.4 Å². The minimum Gasteiger partial charge on any atom is -0.472 e. The van der Waals surface area contributed by atoms with Crippen LogP contribution in [-0.4, -0.2) is 63.2 Å². The van der Waals surface area contributed by atoms with E-state index in [2.05, 4.69) is 26.8 Å². The third-order valence-electron chi connectivity index (χ3n) is 6.86. The van der Waals surface area contributed by atoms with Crippen LogP contribution in [0.4, 0.5) is 10.1 Å². The van der Waals surface area contributed by atoms with Crippen molar-refractivity contribution in [1.82, 2.24) is 14.9 Å². The number of anilines is 1. The van der Waals surface area contributed by atoms with Crippen LogP contribution < -0.4 is 14.4 Å². The van der Waals surface area contributed by atoms with Crippen molar-refractivity contribution in [3.8, 4) is 11.9 Å². The van der Waals surface area contributed by atoms with E-state index in [1.165, 1.54) is 31.5 Å². The first-order valence-electron chi connectivity index (χ1n) is 13.1. The summed E-state index contributed by atoms with van der Waals surface area (Å²) in [4.78, 5) is 13.6. The van der Waals surface area contributed by atoms with Crippen LogP contribution in [0.2, 0.25) is 10.2 Å². The van der Waals surface area contributed by atoms with E-state index < -0.39 is 5.82 Å². The Morgan fingerprint density at radius 3 is 2.59 bits per heavy atom. The minimum absolute atomic E-state index is 0.135. The van der Waals surface area contributed by atoms with Gasteiger partial charge in [-0.25, -0.2) is 4.39 Å². The van der Waals surface area contributed by atoms with Crippen molar-refractivity contribution >= 4 is 43.8 Å². The summed E-state index contributed by atoms with van der Waals surface area (Å²) in [6.07, 6.45) is 2.14. The molecule has 2 aliphatic heterocycles. The molecule has 203 valence electrons. The number of hydrogen-bond acceptors (Lipinski definition) is 6. The van der Waals surface area contributed by atoms with Crippen LogP contribution in [-0.2, 0) is 19.6 Å². The number of hydrogen-bond donors (Lipinski definition) is 0. The van der Waals surface area contributed by atoms with Crippen LogP contribution >= 0.6 is 11.6 Å². The van der Waals surface area contributed by atoms with E-state index >= 15 is 0 Å². The van der Waals surface area contributed by atoms with Crippen molar-refractivity contribution in [2.24, 2.45) is 0 Å². The third kappa shape index (κ3) is 6.66. The molecular weight excluding hydrogens is 578 g/mol. The number of methoxy groups -OCH3 is 1. The first-order valence-corrected chi connectivity index (χ1v) is 16.1. The van der Waals surface area contributed by atoms with Gasteiger partial charge in [0.1, 0.15) is 12.4 Å². The van der Waals surface area contributed by atoms with Crippen LogP contribution in [0.25, 0.3) is 10.8 Å². The molecule has 0 unspecified atom stereocenters. The smallest absolute Gasteiger partial charge is 0.319 e. The number of nitrogens with zero attached hydrogens (tertiary/aromatic N) is 4. The largest absolute Gasteiger partial charge is 0.472 e. The molecule has 3 heterocycles. The summed E-state index contributed by atoms with van der Waals surface area (Å²) in [6.45, 7) is 2.98. The van der Waals surface area contributed by atoms with Crippen molar-refractivity contribution < 1.29 is 13.9 Å². The first kappa shape index (κ1) is 27.7. The molecule has 0 atom stereocenters. The summed E-state index contributed by atoms with van der Waals surface area (Å²) >= 11 is 7.08. The summed E-state index contributed by atoms with van der Waals surface area (Å²) < 4.78 is 25.6. The Kier molecular flexibility index (Phi) is 9.23. The first-order chi connectivity index (χ1) is 19.0. The Balaban J connectivity index is 0.000000384. The second-order valence-corrected chi connectivity index (χ2v) is 12.5. The van der Waals surface area contributed by atoms with Crippen molar-refractivity contribution in [2.75, 3.05) is 37.5 Å². The zero-order chi connectivity index (χ0) is 27.2. The third-order valence-corrected chi connectivity index (χ3v) is 9.99. The molecule has 1 saturated heterocycles. The van der Waals surface area contributed by atoms with Crippen molar-refractivity contribution in [1.29, 1.82) is 0 Å². The van der Waals surface area contributed by atoms with E-state index in [0.29, 0.717) is 37.4 Å². The standard InChI is InChI=1S/C25H21ClFN3O2.C5H11AsN/c1-31-25-28-20-14-30(21-9-5-8-17-10-11-19(27)23(26)22(17)21)13-12-18(20)24(29-25)32-15-16-6-3-2-4-7-16;1-7-4-2-3-6-5-7/h2-11H,12-15H2,1H3;2-5H2,1H3. The Morgan fingerprint density at radius 1 is 1.03 bits per heavy atom. The zero-order valence-corrected chi connectivity index (χ0v) is 24.9.